The first-order chi connectivity index (χ1) is 12.1. The maximum absolute atomic E-state index is 12.5. The van der Waals surface area contributed by atoms with Crippen LogP contribution in [0.25, 0.3) is 0 Å². The van der Waals surface area contributed by atoms with Gasteiger partial charge in [-0.3, -0.25) is 9.69 Å². The summed E-state index contributed by atoms with van der Waals surface area (Å²) in [5.74, 6) is -0.0246. The number of hydrogen-bond donors (Lipinski definition) is 2. The first-order valence-corrected chi connectivity index (χ1v) is 10.8. The second-order valence-electron chi connectivity index (χ2n) is 8.15. The van der Waals surface area contributed by atoms with Crippen molar-refractivity contribution in [1.29, 1.82) is 0 Å². The zero-order valence-corrected chi connectivity index (χ0v) is 15.8. The number of nitrogens with zero attached hydrogens (tertiary/aromatic N) is 1. The molecule has 0 radical (unpaired) electrons. The first-order valence-electron chi connectivity index (χ1n) is 10.0. The van der Waals surface area contributed by atoms with Crippen molar-refractivity contribution in [3.63, 3.8) is 0 Å². The molecular weight excluding hydrogens is 332 g/mol. The molecule has 1 atom stereocenters. The van der Waals surface area contributed by atoms with Crippen molar-refractivity contribution in [1.82, 2.24) is 10.2 Å². The second kappa shape index (κ2) is 7.37. The summed E-state index contributed by atoms with van der Waals surface area (Å²) in [6.45, 7) is 1.60. The molecule has 0 aromatic carbocycles. The van der Waals surface area contributed by atoms with Crippen LogP contribution in [-0.2, 0) is 0 Å². The number of amides is 1. The molecule has 1 aliphatic heterocycles. The van der Waals surface area contributed by atoms with Gasteiger partial charge in [0.2, 0.25) is 0 Å². The fourth-order valence-corrected chi connectivity index (χ4v) is 5.70. The molecule has 1 aromatic rings. The Hall–Kier alpha value is -0.910. The van der Waals surface area contributed by atoms with Crippen molar-refractivity contribution in [3.8, 4) is 0 Å². The molecule has 1 unspecified atom stereocenters. The van der Waals surface area contributed by atoms with Crippen molar-refractivity contribution in [2.45, 2.75) is 81.9 Å². The Bertz CT molecular complexity index is 605. The fraction of sp³-hybridized carbons (Fsp3) is 0.750. The first kappa shape index (κ1) is 17.5. The number of likely N-dealkylation sites (tertiary alicyclic amines) is 1. The monoisotopic (exact) mass is 362 g/mol. The third kappa shape index (κ3) is 3.79. The van der Waals surface area contributed by atoms with Crippen molar-refractivity contribution >= 4 is 17.2 Å². The van der Waals surface area contributed by atoms with Gasteiger partial charge in [0.05, 0.1) is 10.5 Å². The highest BCUT2D eigenvalue weighted by molar-refractivity contribution is 7.14. The van der Waals surface area contributed by atoms with E-state index in [1.54, 1.807) is 11.3 Å². The van der Waals surface area contributed by atoms with Crippen molar-refractivity contribution in [2.24, 2.45) is 0 Å². The van der Waals surface area contributed by atoms with Crippen molar-refractivity contribution in [2.75, 3.05) is 13.1 Å². The number of hydrogen-bond acceptors (Lipinski definition) is 4. The highest BCUT2D eigenvalue weighted by Gasteiger charge is 2.35. The summed E-state index contributed by atoms with van der Waals surface area (Å²) in [5.41, 5.74) is -0.694. The van der Waals surface area contributed by atoms with E-state index in [-0.39, 0.29) is 5.91 Å². The zero-order chi connectivity index (χ0) is 17.3. The average molecular weight is 363 g/mol. The van der Waals surface area contributed by atoms with Crippen LogP contribution < -0.4 is 5.32 Å². The Kier molecular flexibility index (Phi) is 5.16. The smallest absolute Gasteiger partial charge is 0.261 e. The molecule has 1 saturated heterocycles. The number of thiophene rings is 1. The molecule has 25 heavy (non-hydrogen) atoms. The normalized spacial score (nSPS) is 27.2. The van der Waals surface area contributed by atoms with Gasteiger partial charge in [0.1, 0.15) is 0 Å². The van der Waals surface area contributed by atoms with Crippen LogP contribution >= 0.6 is 11.3 Å². The Labute approximate surface area is 154 Å². The summed E-state index contributed by atoms with van der Waals surface area (Å²) in [7, 11) is 0. The quantitative estimate of drug-likeness (QED) is 0.836. The number of carbonyl (C=O) groups excluding carboxylic acids is 1. The van der Waals surface area contributed by atoms with Gasteiger partial charge in [0.25, 0.3) is 5.91 Å². The van der Waals surface area contributed by atoms with Gasteiger partial charge >= 0.3 is 0 Å². The molecule has 2 aliphatic carbocycles. The van der Waals surface area contributed by atoms with Gasteiger partial charge in [-0.2, -0.15) is 0 Å². The number of nitrogens with one attached hydrogen (secondary N) is 1. The summed E-state index contributed by atoms with van der Waals surface area (Å²) in [4.78, 5) is 17.3. The van der Waals surface area contributed by atoms with E-state index in [2.05, 4.69) is 16.3 Å². The van der Waals surface area contributed by atoms with E-state index >= 15 is 0 Å². The number of rotatable bonds is 5. The van der Waals surface area contributed by atoms with Gasteiger partial charge in [-0.25, -0.2) is 0 Å². The van der Waals surface area contributed by atoms with Gasteiger partial charge in [-0.1, -0.05) is 25.7 Å². The lowest BCUT2D eigenvalue weighted by atomic mass is 9.85. The van der Waals surface area contributed by atoms with Crippen molar-refractivity contribution < 1.29 is 9.90 Å². The van der Waals surface area contributed by atoms with E-state index in [0.717, 1.165) is 36.6 Å². The van der Waals surface area contributed by atoms with E-state index in [1.807, 2.05) is 6.07 Å². The van der Waals surface area contributed by atoms with Crippen LogP contribution in [0.1, 0.15) is 84.8 Å². The van der Waals surface area contributed by atoms with Gasteiger partial charge in [0, 0.05) is 23.5 Å². The molecule has 2 N–H and O–H groups in total. The molecule has 3 fully saturated rings. The molecule has 1 aromatic heterocycles. The Balaban J connectivity index is 1.36. The van der Waals surface area contributed by atoms with Crippen LogP contribution in [0.3, 0.4) is 0 Å². The lowest BCUT2D eigenvalue weighted by Gasteiger charge is -2.38. The van der Waals surface area contributed by atoms with Crippen LogP contribution in [0.5, 0.6) is 0 Å². The third-order valence-corrected chi connectivity index (χ3v) is 7.56. The average Bonchev–Trinajstić information content (AvgIpc) is 3.21. The summed E-state index contributed by atoms with van der Waals surface area (Å²) in [6.07, 6.45) is 11.5. The van der Waals surface area contributed by atoms with E-state index in [1.165, 1.54) is 49.9 Å². The van der Waals surface area contributed by atoms with Gasteiger partial charge < -0.3 is 10.4 Å². The standard InChI is InChI=1S/C20H30N2O2S/c23-19(21-14-20(24)11-2-1-3-12-20)18-10-9-17(25-18)16-8-5-13-22(16)15-6-4-7-15/h9-10,15-16,24H,1-8,11-14H2,(H,21,23). The van der Waals surface area contributed by atoms with Crippen LogP contribution in [0.15, 0.2) is 12.1 Å². The largest absolute Gasteiger partial charge is 0.388 e. The van der Waals surface area contributed by atoms with Crippen LogP contribution in [0.2, 0.25) is 0 Å². The molecule has 0 bridgehead atoms. The fourth-order valence-electron chi connectivity index (χ4n) is 4.62. The van der Waals surface area contributed by atoms with Gasteiger partial charge in [-0.05, 0) is 57.2 Å². The zero-order valence-electron chi connectivity index (χ0n) is 15.0. The number of carbonyl (C=O) groups is 1. The molecule has 4 rings (SSSR count). The predicted octanol–water partition coefficient (Wildman–Crippen LogP) is 3.86. The SMILES string of the molecule is O=C(NCC1(O)CCCCC1)c1ccc(C2CCCN2C2CCC2)s1. The van der Waals surface area contributed by atoms with Crippen LogP contribution in [0, 0.1) is 0 Å². The summed E-state index contributed by atoms with van der Waals surface area (Å²) in [6, 6.07) is 5.40. The minimum absolute atomic E-state index is 0.0246. The van der Waals surface area contributed by atoms with Gasteiger partial charge in [0.15, 0.2) is 0 Å². The molecule has 5 heteroatoms. The molecule has 3 aliphatic rings. The molecule has 0 spiro atoms. The molecule has 4 nitrogen and oxygen atoms in total. The maximum Gasteiger partial charge on any atom is 0.261 e. The van der Waals surface area contributed by atoms with E-state index in [4.69, 9.17) is 0 Å². The maximum atomic E-state index is 12.5. The minimum Gasteiger partial charge on any atom is -0.388 e. The molecular formula is C20H30N2O2S. The topological polar surface area (TPSA) is 52.6 Å². The van der Waals surface area contributed by atoms with Crippen LogP contribution in [0.4, 0.5) is 0 Å². The summed E-state index contributed by atoms with van der Waals surface area (Å²) >= 11 is 1.64. The Morgan fingerprint density at radius 2 is 1.96 bits per heavy atom. The molecule has 138 valence electrons. The highest BCUT2D eigenvalue weighted by atomic mass is 32.1. The van der Waals surface area contributed by atoms with Crippen LogP contribution in [-0.4, -0.2) is 40.6 Å². The number of aliphatic hydroxyl groups is 1. The van der Waals surface area contributed by atoms with E-state index in [9.17, 15) is 9.90 Å². The summed E-state index contributed by atoms with van der Waals surface area (Å²) in [5, 5.41) is 13.5. The molecule has 2 heterocycles. The third-order valence-electron chi connectivity index (χ3n) is 6.38. The van der Waals surface area contributed by atoms with Crippen molar-refractivity contribution in [3.05, 3.63) is 21.9 Å². The Morgan fingerprint density at radius 3 is 2.68 bits per heavy atom. The molecule has 1 amide bonds. The Morgan fingerprint density at radius 1 is 1.16 bits per heavy atom. The molecule has 2 saturated carbocycles. The lowest BCUT2D eigenvalue weighted by Crippen LogP contribution is -2.44. The lowest BCUT2D eigenvalue weighted by molar-refractivity contribution is 0.00529. The second-order valence-corrected chi connectivity index (χ2v) is 9.27. The highest BCUT2D eigenvalue weighted by Crippen LogP contribution is 2.41. The predicted molar refractivity (Wildman–Crippen MR) is 101 cm³/mol. The van der Waals surface area contributed by atoms with E-state index in [0.29, 0.717) is 12.6 Å². The minimum atomic E-state index is -0.694. The van der Waals surface area contributed by atoms with E-state index < -0.39 is 5.60 Å². The van der Waals surface area contributed by atoms with Gasteiger partial charge in [-0.15, -0.1) is 11.3 Å². The summed E-state index contributed by atoms with van der Waals surface area (Å²) < 4.78 is 0.